The van der Waals surface area contributed by atoms with E-state index < -0.39 is 0 Å². The van der Waals surface area contributed by atoms with Gasteiger partial charge in [0.25, 0.3) is 0 Å². The minimum Gasteiger partial charge on any atom is -0.373 e. The van der Waals surface area contributed by atoms with E-state index >= 15 is 0 Å². The molecule has 1 fully saturated rings. The van der Waals surface area contributed by atoms with Crippen LogP contribution < -0.4 is 0 Å². The Morgan fingerprint density at radius 1 is 1.39 bits per heavy atom. The molecule has 1 heterocycles. The summed E-state index contributed by atoms with van der Waals surface area (Å²) in [4.78, 5) is 4.07. The summed E-state index contributed by atoms with van der Waals surface area (Å²) in [6.45, 7) is 7.63. The van der Waals surface area contributed by atoms with Crippen molar-refractivity contribution in [1.29, 1.82) is 0 Å². The molecule has 0 radical (unpaired) electrons. The lowest BCUT2D eigenvalue weighted by Gasteiger charge is -2.38. The molecule has 1 saturated carbocycles. The summed E-state index contributed by atoms with van der Waals surface area (Å²) >= 11 is 5.77. The fourth-order valence-corrected chi connectivity index (χ4v) is 3.20. The van der Waals surface area contributed by atoms with Crippen LogP contribution in [0.1, 0.15) is 45.6 Å². The zero-order valence-corrected chi connectivity index (χ0v) is 12.2. The number of rotatable bonds is 3. The van der Waals surface area contributed by atoms with Crippen molar-refractivity contribution in [3.8, 4) is 0 Å². The molecule has 2 nitrogen and oxygen atoms in total. The Bertz CT molecular complexity index is 388. The molecule has 0 amide bonds. The molecule has 1 aromatic heterocycles. The van der Waals surface area contributed by atoms with Crippen molar-refractivity contribution < 1.29 is 4.74 Å². The van der Waals surface area contributed by atoms with E-state index in [1.807, 2.05) is 12.1 Å². The number of nitrogens with zero attached hydrogens (tertiary/aromatic N) is 1. The predicted octanol–water partition coefficient (Wildman–Crippen LogP) is 4.47. The third-order valence-corrected chi connectivity index (χ3v) is 3.84. The number of hydrogen-bond donors (Lipinski definition) is 0. The molecule has 0 bridgehead atoms. The van der Waals surface area contributed by atoms with Crippen molar-refractivity contribution >= 4 is 11.6 Å². The van der Waals surface area contributed by atoms with E-state index in [1.165, 1.54) is 12.8 Å². The van der Waals surface area contributed by atoms with E-state index in [2.05, 4.69) is 25.8 Å². The molecular weight excluding hydrogens is 246 g/mol. The van der Waals surface area contributed by atoms with Crippen LogP contribution >= 0.6 is 11.6 Å². The molecule has 0 aliphatic heterocycles. The molecule has 3 heteroatoms. The van der Waals surface area contributed by atoms with E-state index in [0.717, 1.165) is 17.9 Å². The maximum Gasteiger partial charge on any atom is 0.129 e. The van der Waals surface area contributed by atoms with Crippen molar-refractivity contribution in [1.82, 2.24) is 4.98 Å². The lowest BCUT2D eigenvalue weighted by Crippen LogP contribution is -2.32. The molecule has 0 aromatic carbocycles. The van der Waals surface area contributed by atoms with Gasteiger partial charge in [-0.1, -0.05) is 38.4 Å². The average Bonchev–Trinajstić information content (AvgIpc) is 2.25. The topological polar surface area (TPSA) is 22.1 Å². The zero-order valence-electron chi connectivity index (χ0n) is 11.4. The third-order valence-electron chi connectivity index (χ3n) is 3.62. The molecule has 2 unspecified atom stereocenters. The molecular formula is C15H22ClNO. The van der Waals surface area contributed by atoms with Gasteiger partial charge in [-0.15, -0.1) is 0 Å². The van der Waals surface area contributed by atoms with E-state index in [4.69, 9.17) is 16.3 Å². The van der Waals surface area contributed by atoms with Crippen molar-refractivity contribution in [2.45, 2.75) is 52.7 Å². The second-order valence-electron chi connectivity index (χ2n) is 6.34. The van der Waals surface area contributed by atoms with Crippen LogP contribution in [0.5, 0.6) is 0 Å². The summed E-state index contributed by atoms with van der Waals surface area (Å²) in [7, 11) is 0. The van der Waals surface area contributed by atoms with E-state index in [1.54, 1.807) is 6.20 Å². The van der Waals surface area contributed by atoms with Gasteiger partial charge in [-0.05, 0) is 42.2 Å². The van der Waals surface area contributed by atoms with E-state index in [0.29, 0.717) is 23.3 Å². The maximum absolute atomic E-state index is 6.03. The van der Waals surface area contributed by atoms with Crippen LogP contribution in [0.25, 0.3) is 0 Å². The maximum atomic E-state index is 6.03. The van der Waals surface area contributed by atoms with Gasteiger partial charge in [-0.2, -0.15) is 0 Å². The highest BCUT2D eigenvalue weighted by molar-refractivity contribution is 6.29. The zero-order chi connectivity index (χ0) is 13.2. The number of halogens is 1. The van der Waals surface area contributed by atoms with Crippen molar-refractivity contribution in [2.24, 2.45) is 11.3 Å². The second kappa shape index (κ2) is 5.58. The Hall–Kier alpha value is -0.600. The van der Waals surface area contributed by atoms with Gasteiger partial charge in [0.05, 0.1) is 12.7 Å². The summed E-state index contributed by atoms with van der Waals surface area (Å²) in [5.74, 6) is 0.752. The van der Waals surface area contributed by atoms with Crippen LogP contribution in [-0.4, -0.2) is 11.1 Å². The first-order valence-corrected chi connectivity index (χ1v) is 7.04. The lowest BCUT2D eigenvalue weighted by atomic mass is 9.71. The standard InChI is InChI=1S/C15H22ClNO/c1-11-6-13(8-15(2,3)7-11)18-10-12-4-5-14(16)17-9-12/h4-5,9,11,13H,6-8,10H2,1-3H3. The molecule has 0 N–H and O–H groups in total. The van der Waals surface area contributed by atoms with Crippen LogP contribution in [0, 0.1) is 11.3 Å². The van der Waals surface area contributed by atoms with Gasteiger partial charge in [-0.3, -0.25) is 0 Å². The summed E-state index contributed by atoms with van der Waals surface area (Å²) in [6.07, 6.45) is 5.79. The Labute approximate surface area is 115 Å². The molecule has 100 valence electrons. The summed E-state index contributed by atoms with van der Waals surface area (Å²) in [6, 6.07) is 3.79. The Morgan fingerprint density at radius 3 is 2.78 bits per heavy atom. The van der Waals surface area contributed by atoms with Gasteiger partial charge >= 0.3 is 0 Å². The van der Waals surface area contributed by atoms with Gasteiger partial charge in [0.15, 0.2) is 0 Å². The Kier molecular flexibility index (Phi) is 4.29. The SMILES string of the molecule is CC1CC(OCc2ccc(Cl)nc2)CC(C)(C)C1. The van der Waals surface area contributed by atoms with Gasteiger partial charge < -0.3 is 4.74 Å². The van der Waals surface area contributed by atoms with Crippen LogP contribution in [0.15, 0.2) is 18.3 Å². The molecule has 1 aliphatic carbocycles. The predicted molar refractivity (Wildman–Crippen MR) is 74.6 cm³/mol. The normalized spacial score (nSPS) is 27.1. The number of ether oxygens (including phenoxy) is 1. The largest absolute Gasteiger partial charge is 0.373 e. The minimum atomic E-state index is 0.374. The molecule has 2 rings (SSSR count). The fraction of sp³-hybridized carbons (Fsp3) is 0.667. The monoisotopic (exact) mass is 267 g/mol. The van der Waals surface area contributed by atoms with Gasteiger partial charge in [0.1, 0.15) is 5.15 Å². The van der Waals surface area contributed by atoms with Crippen molar-refractivity contribution in [3.05, 3.63) is 29.0 Å². The highest BCUT2D eigenvalue weighted by Gasteiger charge is 2.32. The van der Waals surface area contributed by atoms with Crippen LogP contribution in [-0.2, 0) is 11.3 Å². The third kappa shape index (κ3) is 3.96. The highest BCUT2D eigenvalue weighted by atomic mass is 35.5. The van der Waals surface area contributed by atoms with Gasteiger partial charge in [-0.25, -0.2) is 4.98 Å². The quantitative estimate of drug-likeness (QED) is 0.754. The van der Waals surface area contributed by atoms with Crippen LogP contribution in [0.4, 0.5) is 0 Å². The Balaban J connectivity index is 1.88. The Morgan fingerprint density at radius 2 is 2.17 bits per heavy atom. The first-order valence-electron chi connectivity index (χ1n) is 6.67. The first kappa shape index (κ1) is 13.8. The minimum absolute atomic E-state index is 0.374. The number of pyridine rings is 1. The van der Waals surface area contributed by atoms with Gasteiger partial charge in [0, 0.05) is 6.20 Å². The van der Waals surface area contributed by atoms with Gasteiger partial charge in [0.2, 0.25) is 0 Å². The molecule has 1 aliphatic rings. The molecule has 1 aromatic rings. The summed E-state index contributed by atoms with van der Waals surface area (Å²) < 4.78 is 6.03. The highest BCUT2D eigenvalue weighted by Crippen LogP contribution is 2.39. The molecule has 2 atom stereocenters. The average molecular weight is 268 g/mol. The van der Waals surface area contributed by atoms with E-state index in [9.17, 15) is 0 Å². The van der Waals surface area contributed by atoms with Crippen LogP contribution in [0.3, 0.4) is 0 Å². The number of aromatic nitrogens is 1. The van der Waals surface area contributed by atoms with Crippen molar-refractivity contribution in [2.75, 3.05) is 0 Å². The summed E-state index contributed by atoms with van der Waals surface area (Å²) in [5, 5.41) is 0.533. The van der Waals surface area contributed by atoms with Crippen LogP contribution in [0.2, 0.25) is 5.15 Å². The second-order valence-corrected chi connectivity index (χ2v) is 6.72. The molecule has 18 heavy (non-hydrogen) atoms. The van der Waals surface area contributed by atoms with E-state index in [-0.39, 0.29) is 0 Å². The summed E-state index contributed by atoms with van der Waals surface area (Å²) in [5.41, 5.74) is 1.50. The molecule has 0 spiro atoms. The van der Waals surface area contributed by atoms with Crippen molar-refractivity contribution in [3.63, 3.8) is 0 Å². The number of hydrogen-bond acceptors (Lipinski definition) is 2. The molecule has 0 saturated heterocycles. The lowest BCUT2D eigenvalue weighted by molar-refractivity contribution is -0.0316. The smallest absolute Gasteiger partial charge is 0.129 e. The fourth-order valence-electron chi connectivity index (χ4n) is 3.09. The first-order chi connectivity index (χ1) is 8.44.